The molecule has 0 amide bonds. The molecule has 2 saturated heterocycles. The Kier molecular flexibility index (Phi) is 2.45. The van der Waals surface area contributed by atoms with Crippen molar-refractivity contribution >= 4 is 0 Å². The van der Waals surface area contributed by atoms with Gasteiger partial charge in [0.05, 0.1) is 5.60 Å². The first kappa shape index (κ1) is 14.3. The minimum atomic E-state index is -0.493. The number of rotatable bonds is 1. The van der Waals surface area contributed by atoms with E-state index in [1.807, 2.05) is 0 Å². The van der Waals surface area contributed by atoms with Crippen LogP contribution >= 0.6 is 0 Å². The van der Waals surface area contributed by atoms with Crippen LogP contribution in [-0.2, 0) is 4.74 Å². The summed E-state index contributed by atoms with van der Waals surface area (Å²) in [6, 6.07) is 0. The molecule has 0 radical (unpaired) electrons. The van der Waals surface area contributed by atoms with Crippen molar-refractivity contribution in [1.29, 1.82) is 0 Å². The fourth-order valence-electron chi connectivity index (χ4n) is 8.60. The van der Waals surface area contributed by atoms with Crippen molar-refractivity contribution in [2.24, 2.45) is 39.9 Å². The molecule has 4 aliphatic carbocycles. The Morgan fingerprint density at radius 2 is 1.73 bits per heavy atom. The first-order valence-corrected chi connectivity index (χ1v) is 9.66. The zero-order valence-electron chi connectivity index (χ0n) is 14.7. The van der Waals surface area contributed by atoms with Gasteiger partial charge in [-0.05, 0) is 86.4 Å². The lowest BCUT2D eigenvalue weighted by Gasteiger charge is -2.65. The van der Waals surface area contributed by atoms with Crippen molar-refractivity contribution < 1.29 is 9.84 Å². The summed E-state index contributed by atoms with van der Waals surface area (Å²) in [6.07, 6.45) is 8.56. The van der Waals surface area contributed by atoms with Crippen molar-refractivity contribution in [2.45, 2.75) is 84.5 Å². The van der Waals surface area contributed by atoms with Crippen LogP contribution in [0.25, 0.3) is 0 Å². The summed E-state index contributed by atoms with van der Waals surface area (Å²) in [4.78, 5) is 0. The second-order valence-electron chi connectivity index (χ2n) is 10.2. The van der Waals surface area contributed by atoms with Crippen LogP contribution in [0.15, 0.2) is 0 Å². The molecule has 0 aromatic rings. The highest BCUT2D eigenvalue weighted by Gasteiger charge is 2.85. The lowest BCUT2D eigenvalue weighted by molar-refractivity contribution is -0.348. The van der Waals surface area contributed by atoms with Gasteiger partial charge >= 0.3 is 0 Å². The molecule has 6 rings (SSSR count). The van der Waals surface area contributed by atoms with Gasteiger partial charge < -0.3 is 9.84 Å². The second kappa shape index (κ2) is 3.77. The molecule has 2 aliphatic heterocycles. The van der Waals surface area contributed by atoms with E-state index in [-0.39, 0.29) is 11.0 Å². The van der Waals surface area contributed by atoms with E-state index < -0.39 is 6.29 Å². The van der Waals surface area contributed by atoms with Crippen LogP contribution in [0.2, 0.25) is 0 Å². The van der Waals surface area contributed by atoms with E-state index in [4.69, 9.17) is 4.74 Å². The molecule has 2 heteroatoms. The summed E-state index contributed by atoms with van der Waals surface area (Å²) in [5, 5.41) is 10.9. The molecule has 2 spiro atoms. The van der Waals surface area contributed by atoms with Gasteiger partial charge in [-0.1, -0.05) is 20.8 Å². The molecule has 2 bridgehead atoms. The smallest absolute Gasteiger partial charge is 0.161 e. The van der Waals surface area contributed by atoms with E-state index in [0.717, 1.165) is 23.7 Å². The first-order valence-electron chi connectivity index (χ1n) is 9.66. The maximum absolute atomic E-state index is 10.9. The Labute approximate surface area is 135 Å². The maximum atomic E-state index is 10.9. The van der Waals surface area contributed by atoms with Gasteiger partial charge in [-0.25, -0.2) is 0 Å². The number of ether oxygens (including phenoxy) is 1. The molecule has 0 aromatic heterocycles. The zero-order valence-corrected chi connectivity index (χ0v) is 14.7. The SMILES string of the molecule is CC(C)[C@H]1CC[C@H]2C34CC3[C@]3(C)CC[C@@]4(CC[C@]12C)[C@@H](O)O3. The minimum absolute atomic E-state index is 0.0324. The molecule has 6 fully saturated rings. The predicted octanol–water partition coefficient (Wildman–Crippen LogP) is 4.36. The van der Waals surface area contributed by atoms with E-state index >= 15 is 0 Å². The Balaban J connectivity index is 1.62. The summed E-state index contributed by atoms with van der Waals surface area (Å²) in [6.45, 7) is 9.75. The summed E-state index contributed by atoms with van der Waals surface area (Å²) in [7, 11) is 0. The van der Waals surface area contributed by atoms with E-state index in [1.54, 1.807) is 0 Å². The van der Waals surface area contributed by atoms with E-state index in [9.17, 15) is 5.11 Å². The molecule has 1 N–H and O–H groups in total. The number of aliphatic hydroxyl groups excluding tert-OH is 1. The summed E-state index contributed by atoms with van der Waals surface area (Å²) in [5.41, 5.74) is 1.01. The normalized spacial score (nSPS) is 65.2. The highest BCUT2D eigenvalue weighted by atomic mass is 16.6. The fourth-order valence-corrected chi connectivity index (χ4v) is 8.60. The monoisotopic (exact) mass is 304 g/mol. The van der Waals surface area contributed by atoms with Gasteiger partial charge in [-0.2, -0.15) is 0 Å². The maximum Gasteiger partial charge on any atom is 0.161 e. The number of fused-ring (bicyclic) bond motifs is 3. The third-order valence-electron chi connectivity index (χ3n) is 9.53. The fraction of sp³-hybridized carbons (Fsp3) is 1.00. The average Bonchev–Trinajstić information content (AvgIpc) is 3.11. The van der Waals surface area contributed by atoms with Crippen LogP contribution < -0.4 is 0 Å². The molecule has 2 heterocycles. The van der Waals surface area contributed by atoms with Crippen LogP contribution in [0, 0.1) is 39.9 Å². The quantitative estimate of drug-likeness (QED) is 0.780. The Morgan fingerprint density at radius 1 is 1.00 bits per heavy atom. The van der Waals surface area contributed by atoms with Gasteiger partial charge in [-0.3, -0.25) is 0 Å². The summed E-state index contributed by atoms with van der Waals surface area (Å²) < 4.78 is 6.19. The van der Waals surface area contributed by atoms with Gasteiger partial charge in [0.2, 0.25) is 0 Å². The van der Waals surface area contributed by atoms with Crippen LogP contribution in [0.3, 0.4) is 0 Å². The van der Waals surface area contributed by atoms with Gasteiger partial charge in [-0.15, -0.1) is 0 Å². The topological polar surface area (TPSA) is 29.5 Å². The van der Waals surface area contributed by atoms with Crippen molar-refractivity contribution in [2.75, 3.05) is 0 Å². The van der Waals surface area contributed by atoms with Gasteiger partial charge in [0, 0.05) is 5.41 Å². The Morgan fingerprint density at radius 3 is 2.41 bits per heavy atom. The summed E-state index contributed by atoms with van der Waals surface area (Å²) in [5.74, 6) is 3.25. The highest BCUT2D eigenvalue weighted by molar-refractivity contribution is 5.31. The molecule has 124 valence electrons. The van der Waals surface area contributed by atoms with Crippen LogP contribution in [-0.4, -0.2) is 17.0 Å². The average molecular weight is 304 g/mol. The highest BCUT2D eigenvalue weighted by Crippen LogP contribution is 2.87. The molecule has 2 nitrogen and oxygen atoms in total. The van der Waals surface area contributed by atoms with Crippen LogP contribution in [0.1, 0.15) is 72.6 Å². The van der Waals surface area contributed by atoms with E-state index in [0.29, 0.717) is 10.8 Å². The lowest BCUT2D eigenvalue weighted by atomic mass is 9.44. The second-order valence-corrected chi connectivity index (χ2v) is 10.2. The largest absolute Gasteiger partial charge is 0.367 e. The number of hydrogen-bond acceptors (Lipinski definition) is 2. The third-order valence-corrected chi connectivity index (χ3v) is 9.53. The van der Waals surface area contributed by atoms with Gasteiger partial charge in [0.25, 0.3) is 0 Å². The van der Waals surface area contributed by atoms with Crippen LogP contribution in [0.5, 0.6) is 0 Å². The number of hydrogen-bond donors (Lipinski definition) is 1. The van der Waals surface area contributed by atoms with Crippen molar-refractivity contribution in [3.05, 3.63) is 0 Å². The van der Waals surface area contributed by atoms with Crippen molar-refractivity contribution in [3.8, 4) is 0 Å². The minimum Gasteiger partial charge on any atom is -0.367 e. The molecule has 8 atom stereocenters. The van der Waals surface area contributed by atoms with Crippen molar-refractivity contribution in [3.63, 3.8) is 0 Å². The van der Waals surface area contributed by atoms with E-state index in [2.05, 4.69) is 27.7 Å². The molecule has 2 unspecified atom stereocenters. The first-order chi connectivity index (χ1) is 10.3. The Bertz CT molecular complexity index is 530. The Hall–Kier alpha value is -0.0800. The zero-order chi connectivity index (χ0) is 15.5. The number of aliphatic hydroxyl groups is 1. The molecular weight excluding hydrogens is 272 g/mol. The van der Waals surface area contributed by atoms with Crippen LogP contribution in [0.4, 0.5) is 0 Å². The standard InChI is InChI=1S/C20H32O2/c1-12(2)13-5-6-14-17(13,3)7-9-19-10-8-18(4,22-16(19)21)15-11-20(14,15)19/h12-16,21H,5-11H2,1-4H3/t13-,14-,15?,16+,17-,18+,19+,20?/m1/s1. The van der Waals surface area contributed by atoms with Gasteiger partial charge in [0.15, 0.2) is 6.29 Å². The predicted molar refractivity (Wildman–Crippen MR) is 86.1 cm³/mol. The molecule has 22 heavy (non-hydrogen) atoms. The molecule has 4 saturated carbocycles. The molecular formula is C20H32O2. The lowest BCUT2D eigenvalue weighted by Crippen LogP contribution is -2.66. The van der Waals surface area contributed by atoms with Gasteiger partial charge in [0.1, 0.15) is 0 Å². The molecule has 0 aromatic carbocycles. The van der Waals surface area contributed by atoms with Crippen molar-refractivity contribution in [1.82, 2.24) is 0 Å². The third kappa shape index (κ3) is 1.24. The van der Waals surface area contributed by atoms with E-state index in [1.165, 1.54) is 44.9 Å². The summed E-state index contributed by atoms with van der Waals surface area (Å²) >= 11 is 0. The molecule has 6 aliphatic rings.